The van der Waals surface area contributed by atoms with Gasteiger partial charge in [-0.3, -0.25) is 0 Å². The van der Waals surface area contributed by atoms with Crippen LogP contribution in [0.3, 0.4) is 0 Å². The van der Waals surface area contributed by atoms with Crippen molar-refractivity contribution in [2.75, 3.05) is 24.2 Å². The predicted octanol–water partition coefficient (Wildman–Crippen LogP) is 2.84. The Hall–Kier alpha value is -1.74. The third kappa shape index (κ3) is 3.86. The maximum Gasteiger partial charge on any atom is 0.343 e. The lowest BCUT2D eigenvalue weighted by Crippen LogP contribution is -2.11. The molecule has 19 heavy (non-hydrogen) atoms. The zero-order valence-corrected chi connectivity index (χ0v) is 12.3. The Labute approximate surface area is 117 Å². The van der Waals surface area contributed by atoms with Gasteiger partial charge in [0.1, 0.15) is 21.5 Å². The first-order chi connectivity index (χ1) is 9.01. The Morgan fingerprint density at radius 3 is 2.79 bits per heavy atom. The summed E-state index contributed by atoms with van der Waals surface area (Å²) in [6.07, 6.45) is 0.974. The lowest BCUT2D eigenvalue weighted by atomic mass is 10.1. The Bertz CT molecular complexity index is 489. The minimum absolute atomic E-state index is 0.206. The summed E-state index contributed by atoms with van der Waals surface area (Å²) in [4.78, 5) is 12.2. The fraction of sp³-hybridized carbons (Fsp3) is 0.538. The molecule has 1 rings (SSSR count). The molecule has 0 aliphatic carbocycles. The molecule has 6 heteroatoms. The average molecular weight is 281 g/mol. The van der Waals surface area contributed by atoms with Gasteiger partial charge in [0.25, 0.3) is 0 Å². The quantitative estimate of drug-likeness (QED) is 0.783. The molecule has 1 aromatic rings. The van der Waals surface area contributed by atoms with E-state index in [9.17, 15) is 4.79 Å². The molecule has 0 aromatic carbocycles. The molecule has 1 aromatic heterocycles. The van der Waals surface area contributed by atoms with Crippen LogP contribution in [0, 0.1) is 17.2 Å². The van der Waals surface area contributed by atoms with E-state index < -0.39 is 5.97 Å². The number of anilines is 2. The van der Waals surface area contributed by atoms with Crippen LogP contribution in [0.4, 0.5) is 10.7 Å². The van der Waals surface area contributed by atoms with Crippen molar-refractivity contribution < 1.29 is 9.53 Å². The summed E-state index contributed by atoms with van der Waals surface area (Å²) in [7, 11) is 0. The standard InChI is InChI=1S/C13H19N3O2S/c1-4-18-13(17)10-11(15)9(7-14)19-12(10)16-6-5-8(2)3/h8,16H,4-6,15H2,1-3H3. The van der Waals surface area contributed by atoms with Crippen LogP contribution in [0.15, 0.2) is 0 Å². The molecule has 0 atom stereocenters. The molecule has 0 aliphatic heterocycles. The van der Waals surface area contributed by atoms with E-state index in [1.54, 1.807) is 6.92 Å². The molecule has 0 saturated carbocycles. The third-order valence-corrected chi connectivity index (χ3v) is 3.60. The molecule has 3 N–H and O–H groups in total. The lowest BCUT2D eigenvalue weighted by molar-refractivity contribution is 0.0529. The van der Waals surface area contributed by atoms with E-state index in [2.05, 4.69) is 19.2 Å². The Kier molecular flexibility index (Phi) is 5.64. The molecule has 0 amide bonds. The second kappa shape index (κ2) is 7.00. The van der Waals surface area contributed by atoms with Gasteiger partial charge in [0.15, 0.2) is 0 Å². The smallest absolute Gasteiger partial charge is 0.343 e. The summed E-state index contributed by atoms with van der Waals surface area (Å²) in [5.74, 6) is 0.0797. The third-order valence-electron chi connectivity index (χ3n) is 2.53. The van der Waals surface area contributed by atoms with Crippen LogP contribution in [0.25, 0.3) is 0 Å². The zero-order valence-electron chi connectivity index (χ0n) is 11.4. The number of esters is 1. The topological polar surface area (TPSA) is 88.1 Å². The molecule has 104 valence electrons. The van der Waals surface area contributed by atoms with E-state index in [1.165, 1.54) is 11.3 Å². The highest BCUT2D eigenvalue weighted by Crippen LogP contribution is 2.35. The van der Waals surface area contributed by atoms with E-state index >= 15 is 0 Å². The molecule has 0 spiro atoms. The molecule has 5 nitrogen and oxygen atoms in total. The molecule has 0 radical (unpaired) electrons. The van der Waals surface area contributed by atoms with Gasteiger partial charge in [-0.2, -0.15) is 5.26 Å². The largest absolute Gasteiger partial charge is 0.462 e. The number of thiophene rings is 1. The molecule has 0 fully saturated rings. The number of rotatable bonds is 6. The Morgan fingerprint density at radius 1 is 1.58 bits per heavy atom. The van der Waals surface area contributed by atoms with E-state index in [-0.39, 0.29) is 17.9 Å². The van der Waals surface area contributed by atoms with Crippen molar-refractivity contribution in [3.05, 3.63) is 10.4 Å². The summed E-state index contributed by atoms with van der Waals surface area (Å²) in [5.41, 5.74) is 6.32. The van der Waals surface area contributed by atoms with Gasteiger partial charge in [-0.25, -0.2) is 4.79 Å². The van der Waals surface area contributed by atoms with Crippen LogP contribution in [0.2, 0.25) is 0 Å². The molecular weight excluding hydrogens is 262 g/mol. The number of nitrogens with one attached hydrogen (secondary N) is 1. The molecule has 0 unspecified atom stereocenters. The molecular formula is C13H19N3O2S. The van der Waals surface area contributed by atoms with Gasteiger partial charge >= 0.3 is 5.97 Å². The number of carbonyl (C=O) groups excluding carboxylic acids is 1. The number of nitriles is 1. The number of hydrogen-bond acceptors (Lipinski definition) is 6. The van der Waals surface area contributed by atoms with E-state index in [0.29, 0.717) is 15.8 Å². The van der Waals surface area contributed by atoms with Crippen molar-refractivity contribution in [1.29, 1.82) is 5.26 Å². The average Bonchev–Trinajstić information content (AvgIpc) is 2.65. The second-order valence-electron chi connectivity index (χ2n) is 4.49. The van der Waals surface area contributed by atoms with Gasteiger partial charge in [0.05, 0.1) is 12.3 Å². The monoisotopic (exact) mass is 281 g/mol. The van der Waals surface area contributed by atoms with Gasteiger partial charge in [-0.1, -0.05) is 13.8 Å². The number of carbonyl (C=O) groups is 1. The second-order valence-corrected chi connectivity index (χ2v) is 5.51. The number of hydrogen-bond donors (Lipinski definition) is 2. The fourth-order valence-corrected chi connectivity index (χ4v) is 2.46. The van der Waals surface area contributed by atoms with Gasteiger partial charge in [0.2, 0.25) is 0 Å². The minimum Gasteiger partial charge on any atom is -0.462 e. The number of nitrogens with zero attached hydrogens (tertiary/aromatic N) is 1. The Morgan fingerprint density at radius 2 is 2.26 bits per heavy atom. The first kappa shape index (κ1) is 15.3. The Balaban J connectivity index is 2.95. The molecule has 1 heterocycles. The normalized spacial score (nSPS) is 10.3. The highest BCUT2D eigenvalue weighted by molar-refractivity contribution is 7.17. The van der Waals surface area contributed by atoms with E-state index in [1.807, 2.05) is 6.07 Å². The number of ether oxygens (including phenoxy) is 1. The SMILES string of the molecule is CCOC(=O)c1c(NCCC(C)C)sc(C#N)c1N. The van der Waals surface area contributed by atoms with Crippen LogP contribution in [-0.2, 0) is 4.74 Å². The van der Waals surface area contributed by atoms with Crippen LogP contribution < -0.4 is 11.1 Å². The summed E-state index contributed by atoms with van der Waals surface area (Å²) in [6, 6.07) is 2.00. The highest BCUT2D eigenvalue weighted by atomic mass is 32.1. The van der Waals surface area contributed by atoms with Crippen molar-refractivity contribution >= 4 is 28.0 Å². The maximum absolute atomic E-state index is 11.9. The van der Waals surface area contributed by atoms with Crippen molar-refractivity contribution in [3.63, 3.8) is 0 Å². The van der Waals surface area contributed by atoms with Crippen molar-refractivity contribution in [2.24, 2.45) is 5.92 Å². The zero-order chi connectivity index (χ0) is 14.4. The maximum atomic E-state index is 11.9. The summed E-state index contributed by atoms with van der Waals surface area (Å²) in [5, 5.41) is 12.8. The number of nitrogen functional groups attached to an aromatic ring is 1. The highest BCUT2D eigenvalue weighted by Gasteiger charge is 2.23. The first-order valence-electron chi connectivity index (χ1n) is 6.24. The van der Waals surface area contributed by atoms with Gasteiger partial charge in [-0.15, -0.1) is 11.3 Å². The lowest BCUT2D eigenvalue weighted by Gasteiger charge is -2.08. The van der Waals surface area contributed by atoms with Crippen LogP contribution in [-0.4, -0.2) is 19.1 Å². The first-order valence-corrected chi connectivity index (χ1v) is 7.06. The van der Waals surface area contributed by atoms with Crippen LogP contribution in [0.1, 0.15) is 42.4 Å². The molecule has 0 saturated heterocycles. The van der Waals surface area contributed by atoms with Crippen molar-refractivity contribution in [2.45, 2.75) is 27.2 Å². The number of nitrogens with two attached hydrogens (primary N) is 1. The summed E-state index contributed by atoms with van der Waals surface area (Å²) < 4.78 is 4.97. The van der Waals surface area contributed by atoms with Crippen molar-refractivity contribution in [1.82, 2.24) is 0 Å². The van der Waals surface area contributed by atoms with Crippen molar-refractivity contribution in [3.8, 4) is 6.07 Å². The predicted molar refractivity (Wildman–Crippen MR) is 77.3 cm³/mol. The minimum atomic E-state index is -0.482. The van der Waals surface area contributed by atoms with Crippen LogP contribution >= 0.6 is 11.3 Å². The molecule has 0 bridgehead atoms. The van der Waals surface area contributed by atoms with Crippen LogP contribution in [0.5, 0.6) is 0 Å². The molecule has 0 aliphatic rings. The summed E-state index contributed by atoms with van der Waals surface area (Å²) in [6.45, 7) is 6.99. The van der Waals surface area contributed by atoms with E-state index in [4.69, 9.17) is 15.7 Å². The van der Waals surface area contributed by atoms with Gasteiger partial charge in [-0.05, 0) is 19.3 Å². The van der Waals surface area contributed by atoms with Gasteiger partial charge in [0, 0.05) is 6.54 Å². The fourth-order valence-electron chi connectivity index (χ4n) is 1.53. The van der Waals surface area contributed by atoms with Gasteiger partial charge < -0.3 is 15.8 Å². The van der Waals surface area contributed by atoms with E-state index in [0.717, 1.165) is 13.0 Å². The summed E-state index contributed by atoms with van der Waals surface area (Å²) >= 11 is 1.19.